The first-order valence-corrected chi connectivity index (χ1v) is 37.3. The normalized spacial score (nSPS) is 15.4. The van der Waals surface area contributed by atoms with Gasteiger partial charge in [0.15, 0.2) is 35.8 Å². The number of carbonyl (C=O) groups is 13. The molecular weight excluding hydrogens is 1480 g/mol. The molecule has 640 valence electrons. The highest BCUT2D eigenvalue weighted by Crippen LogP contribution is 2.20. The number of primary amides is 1. The quantitative estimate of drug-likeness (QED) is 0.0153. The highest BCUT2D eigenvalue weighted by atomic mass is 16.4. The number of rotatable bonds is 58. The molecule has 1 aliphatic rings. The van der Waals surface area contributed by atoms with Gasteiger partial charge in [0.2, 0.25) is 70.9 Å². The molecule has 1 saturated heterocycles. The molecule has 0 radical (unpaired) electrons. The van der Waals surface area contributed by atoms with E-state index < -0.39 is 162 Å². The van der Waals surface area contributed by atoms with Gasteiger partial charge in [-0.15, -0.1) is 0 Å². The Hall–Kier alpha value is -11.4. The van der Waals surface area contributed by atoms with Gasteiger partial charge in [-0.3, -0.25) is 87.5 Å². The summed E-state index contributed by atoms with van der Waals surface area (Å²) in [7, 11) is 0. The summed E-state index contributed by atoms with van der Waals surface area (Å²) >= 11 is 0. The second kappa shape index (κ2) is 55.1. The summed E-state index contributed by atoms with van der Waals surface area (Å²) in [6.07, 6.45) is -1.33. The molecule has 0 aromatic carbocycles. The largest absolute Gasteiger partial charge is 0.480 e. The summed E-state index contributed by atoms with van der Waals surface area (Å²) in [4.78, 5) is 206. The van der Waals surface area contributed by atoms with Gasteiger partial charge in [-0.1, -0.05) is 0 Å². The van der Waals surface area contributed by atoms with Crippen LogP contribution in [0, 0.1) is 0 Å². The van der Waals surface area contributed by atoms with E-state index in [1.54, 1.807) is 0 Å². The molecule has 1 fully saturated rings. The van der Waals surface area contributed by atoms with E-state index >= 15 is 0 Å². The maximum atomic E-state index is 14.8. The monoisotopic (exact) mass is 1610 g/mol. The summed E-state index contributed by atoms with van der Waals surface area (Å²) < 4.78 is 0. The van der Waals surface area contributed by atoms with Gasteiger partial charge in [-0.05, 0) is 162 Å². The lowest BCUT2D eigenvalue weighted by Crippen LogP contribution is -2.60. The number of hydrogen-bond donors (Lipinski definition) is 28. The van der Waals surface area contributed by atoms with Crippen LogP contribution < -0.4 is 145 Å². The van der Waals surface area contributed by atoms with Gasteiger partial charge in [0.05, 0.1) is 6.10 Å². The van der Waals surface area contributed by atoms with Gasteiger partial charge in [0.1, 0.15) is 72.5 Å². The van der Waals surface area contributed by atoms with E-state index in [0.717, 1.165) is 0 Å². The lowest BCUT2D eigenvalue weighted by molar-refractivity contribution is -0.142. The fraction of sp³-hybridized carbons (Fsp3) is 0.708. The zero-order valence-corrected chi connectivity index (χ0v) is 64.5. The maximum Gasteiger partial charge on any atom is 0.326 e. The number of aliphatic imine (C=N–C) groups is 6. The number of carbonyl (C=O) groups excluding carboxylic acids is 12. The number of nitrogens with two attached hydrogens (primary N) is 16. The molecule has 13 atom stereocenters. The lowest BCUT2D eigenvalue weighted by atomic mass is 10.0. The summed E-state index contributed by atoms with van der Waals surface area (Å²) in [5.41, 5.74) is 89.6. The zero-order chi connectivity index (χ0) is 85.3. The van der Waals surface area contributed by atoms with Crippen molar-refractivity contribution in [3.05, 3.63) is 0 Å². The number of carboxylic acid groups (broad SMARTS) is 1. The van der Waals surface area contributed by atoms with Crippen molar-refractivity contribution in [2.45, 2.75) is 234 Å². The first-order valence-electron chi connectivity index (χ1n) is 37.3. The van der Waals surface area contributed by atoms with Crippen LogP contribution in [0.1, 0.15) is 155 Å². The van der Waals surface area contributed by atoms with Gasteiger partial charge in [-0.2, -0.15) is 0 Å². The topological polar surface area (TPSA) is 876 Å². The first kappa shape index (κ1) is 99.6. The van der Waals surface area contributed by atoms with Crippen LogP contribution in [-0.2, 0) is 62.3 Å². The van der Waals surface area contributed by atoms with Crippen LogP contribution in [0.15, 0.2) is 30.0 Å². The number of hydrogen-bond acceptors (Lipinski definition) is 23. The lowest BCUT2D eigenvalue weighted by Gasteiger charge is -2.29. The van der Waals surface area contributed by atoms with Crippen LogP contribution in [0.4, 0.5) is 0 Å². The molecule has 48 nitrogen and oxygen atoms in total. The van der Waals surface area contributed by atoms with Crippen molar-refractivity contribution in [1.29, 1.82) is 0 Å². The molecule has 0 bridgehead atoms. The van der Waals surface area contributed by atoms with Crippen LogP contribution in [0.3, 0.4) is 0 Å². The summed E-state index contributed by atoms with van der Waals surface area (Å²) in [6, 6.07) is -17.5. The Morgan fingerprint density at radius 2 is 0.619 bits per heavy atom. The van der Waals surface area contributed by atoms with Gasteiger partial charge in [0, 0.05) is 52.2 Å². The summed E-state index contributed by atoms with van der Waals surface area (Å²) in [6.45, 7) is 2.71. The van der Waals surface area contributed by atoms with E-state index in [-0.39, 0.29) is 210 Å². The van der Waals surface area contributed by atoms with E-state index in [0.29, 0.717) is 19.3 Å². The summed E-state index contributed by atoms with van der Waals surface area (Å²) in [5, 5.41) is 45.9. The van der Waals surface area contributed by atoms with E-state index in [1.165, 1.54) is 18.7 Å². The molecule has 48 heteroatoms. The predicted octanol–water partition coefficient (Wildman–Crippen LogP) is -12.5. The highest BCUT2D eigenvalue weighted by Gasteiger charge is 2.40. The molecule has 113 heavy (non-hydrogen) atoms. The van der Waals surface area contributed by atoms with E-state index in [1.807, 2.05) is 0 Å². The molecule has 44 N–H and O–H groups in total. The number of aliphatic hydroxyl groups excluding tert-OH is 1. The number of carboxylic acids is 1. The average Bonchev–Trinajstić information content (AvgIpc) is 1.73. The van der Waals surface area contributed by atoms with Gasteiger partial charge in [-0.25, -0.2) is 4.79 Å². The number of aliphatic hydroxyl groups is 1. The molecule has 12 amide bonds. The van der Waals surface area contributed by atoms with Gasteiger partial charge < -0.3 is 160 Å². The Kier molecular flexibility index (Phi) is 48.5. The van der Waals surface area contributed by atoms with Crippen molar-refractivity contribution >= 4 is 113 Å². The van der Waals surface area contributed by atoms with Crippen molar-refractivity contribution < 1.29 is 72.5 Å². The minimum atomic E-state index is -1.58. The Bertz CT molecular complexity index is 3260. The Balaban J connectivity index is 3.89. The third-order valence-electron chi connectivity index (χ3n) is 17.3. The van der Waals surface area contributed by atoms with Crippen LogP contribution in [0.2, 0.25) is 0 Å². The van der Waals surface area contributed by atoms with E-state index in [4.69, 9.17) is 91.7 Å². The first-order chi connectivity index (χ1) is 53.3. The van der Waals surface area contributed by atoms with Crippen LogP contribution in [-0.4, -0.2) is 265 Å². The van der Waals surface area contributed by atoms with Crippen molar-refractivity contribution in [2.75, 3.05) is 58.9 Å². The molecule has 0 spiro atoms. The molecular formula is C65H125N33O15. The van der Waals surface area contributed by atoms with Crippen molar-refractivity contribution in [3.8, 4) is 0 Å². The van der Waals surface area contributed by atoms with Crippen molar-refractivity contribution in [2.24, 2.45) is 122 Å². The fourth-order valence-corrected chi connectivity index (χ4v) is 11.3. The molecule has 1 aliphatic heterocycles. The van der Waals surface area contributed by atoms with Gasteiger partial charge in [0.25, 0.3) is 0 Å². The molecule has 0 aromatic rings. The Morgan fingerprint density at radius 3 is 0.885 bits per heavy atom. The third kappa shape index (κ3) is 42.5. The second-order valence-electron chi connectivity index (χ2n) is 26.8. The number of nitrogens with one attached hydrogen (secondary N) is 10. The van der Waals surface area contributed by atoms with Crippen molar-refractivity contribution in [3.63, 3.8) is 0 Å². The number of unbranched alkanes of at least 4 members (excludes halogenated alkanes) is 2. The molecule has 0 aromatic heterocycles. The molecule has 0 unspecified atom stereocenters. The SMILES string of the molecule is C[C@H](NC(=O)[C@H](CCCN=C(N)N)NC(=O)[C@H](CCC(N)=O)NC(=O)[C@@H]1CCCN1C(=O)[C@@H](N)[C@@H](C)O)C(=O)N[C@@H](CCCN=C(N)N)C(=O)N[C@@H](CCCN=C(N)N)C(=O)N[C@@H](CCCN=C(N)N)C(=O)N[C@@H](CCCCN)C(=O)N[C@@H](CCCCN)C(=O)N[C@@H](CCCN=C(N)N)C(=O)N[C@@H](CCCN=C(N)N)C(=O)O. The smallest absolute Gasteiger partial charge is 0.326 e. The fourth-order valence-electron chi connectivity index (χ4n) is 11.3. The minimum absolute atomic E-state index is 0.000293. The van der Waals surface area contributed by atoms with Crippen LogP contribution >= 0.6 is 0 Å². The summed E-state index contributed by atoms with van der Waals surface area (Å²) in [5.74, 6) is -14.1. The second-order valence-corrected chi connectivity index (χ2v) is 26.8. The number of aliphatic carboxylic acids is 1. The van der Waals surface area contributed by atoms with E-state index in [2.05, 4.69) is 83.1 Å². The van der Waals surface area contributed by atoms with Crippen molar-refractivity contribution in [1.82, 2.24) is 58.1 Å². The number of amides is 12. The zero-order valence-electron chi connectivity index (χ0n) is 64.5. The number of guanidine groups is 6. The minimum Gasteiger partial charge on any atom is -0.480 e. The molecule has 1 heterocycles. The number of likely N-dealkylation sites (tertiary alicyclic amines) is 1. The molecule has 0 saturated carbocycles. The third-order valence-corrected chi connectivity index (χ3v) is 17.3. The highest BCUT2D eigenvalue weighted by molar-refractivity contribution is 6.00. The number of nitrogens with zero attached hydrogens (tertiary/aromatic N) is 7. The van der Waals surface area contributed by atoms with Crippen LogP contribution in [0.5, 0.6) is 0 Å². The van der Waals surface area contributed by atoms with Crippen LogP contribution in [0.25, 0.3) is 0 Å². The van der Waals surface area contributed by atoms with E-state index in [9.17, 15) is 72.5 Å². The van der Waals surface area contributed by atoms with Gasteiger partial charge >= 0.3 is 5.97 Å². The average molecular weight is 1610 g/mol. The molecule has 0 aliphatic carbocycles. The predicted molar refractivity (Wildman–Crippen MR) is 421 cm³/mol. The Morgan fingerprint density at radius 1 is 0.363 bits per heavy atom. The standard InChI is InChI=1S/C65H125N33O15/c1-34(88-49(102)38(16-7-27-82-60(70)71)92-56(109)43(23-24-46(68)100)96-57(110)45-22-13-33-98(45)58(111)47(69)35(2)99)48(101)89-39(17-8-28-83-61(72)73)52(105)93-41(19-10-30-85-63(76)77)54(107)94-40(18-9-29-84-62(74)75)53(106)91-36(14-3-5-25-66)50(103)90-37(15-4-6-26-67)51(104)95-42(20-11-31-86-64(78)79)55(108)97-44(59(112)113)21-12-32-87-65(80)81/h34-45,47,99H,3-33,66-67,69H2,1-2H3,(H2,68,100)(H,88,102)(H,89,101)(H,90,103)(H,91,106)(H,92,109)(H,93,105)(H,94,107)(H,95,104)(H,96,110)(H,97,108)(H,112,113)(H4,70,71,82)(H4,72,73,83)(H4,74,75,84)(H4,76,77,85)(H4,78,79,86)(H4,80,81,87)/t34-,35+,36-,37-,38-,39-,40-,41-,42-,43-,44-,45-,47-/m0/s1. The maximum absolute atomic E-state index is 14.8. The molecule has 1 rings (SSSR count). The Labute approximate surface area is 655 Å².